The largest absolute Gasteiger partial charge is 0.357 e. The van der Waals surface area contributed by atoms with Gasteiger partial charge in [0.1, 0.15) is 5.69 Å². The second-order valence-electron chi connectivity index (χ2n) is 6.99. The molecule has 7 heteroatoms. The van der Waals surface area contributed by atoms with Crippen LogP contribution in [-0.2, 0) is 4.79 Å². The molecule has 1 aromatic carbocycles. The molecular formula is C20H24N4O3. The Hall–Kier alpha value is -3.09. The number of rotatable bonds is 3. The number of hydrogen-bond acceptors (Lipinski definition) is 3. The summed E-state index contributed by atoms with van der Waals surface area (Å²) in [6.07, 6.45) is 3.06. The average molecular weight is 368 g/mol. The SMILES string of the molecule is Cc1cc(C)cc(C(=O)N2CCCC(C(=O)NNC(=O)c3ccc[nH]3)C2)c1. The summed E-state index contributed by atoms with van der Waals surface area (Å²) in [6.45, 7) is 4.90. The number of carbonyl (C=O) groups excluding carboxylic acids is 3. The fourth-order valence-electron chi connectivity index (χ4n) is 3.42. The number of nitrogens with zero attached hydrogens (tertiary/aromatic N) is 1. The van der Waals surface area contributed by atoms with Crippen molar-refractivity contribution in [2.75, 3.05) is 13.1 Å². The molecule has 0 bridgehead atoms. The van der Waals surface area contributed by atoms with Crippen LogP contribution in [0, 0.1) is 19.8 Å². The molecule has 0 saturated carbocycles. The molecule has 2 heterocycles. The standard InChI is InChI=1S/C20H24N4O3/c1-13-9-14(2)11-16(10-13)20(27)24-8-4-5-15(12-24)18(25)22-23-19(26)17-6-3-7-21-17/h3,6-7,9-11,15,21H,4-5,8,12H2,1-2H3,(H,22,25)(H,23,26). The van der Waals surface area contributed by atoms with Crippen molar-refractivity contribution in [2.45, 2.75) is 26.7 Å². The molecule has 142 valence electrons. The second-order valence-corrected chi connectivity index (χ2v) is 6.99. The van der Waals surface area contributed by atoms with E-state index in [0.717, 1.165) is 17.5 Å². The van der Waals surface area contributed by atoms with Crippen LogP contribution in [0.1, 0.15) is 44.8 Å². The lowest BCUT2D eigenvalue weighted by Crippen LogP contribution is -2.50. The van der Waals surface area contributed by atoms with Gasteiger partial charge in [-0.05, 0) is 51.0 Å². The molecule has 0 aliphatic carbocycles. The molecule has 2 aromatic rings. The zero-order chi connectivity index (χ0) is 19.4. The number of piperidine rings is 1. The lowest BCUT2D eigenvalue weighted by molar-refractivity contribution is -0.127. The van der Waals surface area contributed by atoms with Crippen molar-refractivity contribution in [1.29, 1.82) is 0 Å². The van der Waals surface area contributed by atoms with Crippen molar-refractivity contribution in [3.05, 3.63) is 58.9 Å². The van der Waals surface area contributed by atoms with Gasteiger partial charge < -0.3 is 9.88 Å². The molecule has 3 rings (SSSR count). The van der Waals surface area contributed by atoms with Gasteiger partial charge in [0.2, 0.25) is 5.91 Å². The van der Waals surface area contributed by atoms with E-state index in [1.807, 2.05) is 32.0 Å². The zero-order valence-corrected chi connectivity index (χ0v) is 15.5. The van der Waals surface area contributed by atoms with Crippen molar-refractivity contribution < 1.29 is 14.4 Å². The molecule has 1 aliphatic rings. The van der Waals surface area contributed by atoms with Gasteiger partial charge in [-0.15, -0.1) is 0 Å². The molecule has 3 amide bonds. The van der Waals surface area contributed by atoms with Crippen LogP contribution in [0.4, 0.5) is 0 Å². The molecule has 0 spiro atoms. The van der Waals surface area contributed by atoms with Crippen molar-refractivity contribution in [1.82, 2.24) is 20.7 Å². The number of amides is 3. The van der Waals surface area contributed by atoms with E-state index >= 15 is 0 Å². The first-order chi connectivity index (χ1) is 12.9. The van der Waals surface area contributed by atoms with Gasteiger partial charge in [-0.2, -0.15) is 0 Å². The number of H-pyrrole nitrogens is 1. The summed E-state index contributed by atoms with van der Waals surface area (Å²) >= 11 is 0. The normalized spacial score (nSPS) is 16.7. The van der Waals surface area contributed by atoms with E-state index in [9.17, 15) is 14.4 Å². The van der Waals surface area contributed by atoms with Gasteiger partial charge in [0, 0.05) is 24.8 Å². The highest BCUT2D eigenvalue weighted by Crippen LogP contribution is 2.20. The van der Waals surface area contributed by atoms with E-state index in [0.29, 0.717) is 30.8 Å². The van der Waals surface area contributed by atoms with Crippen LogP contribution >= 0.6 is 0 Å². The van der Waals surface area contributed by atoms with Crippen molar-refractivity contribution in [3.8, 4) is 0 Å². The predicted octanol–water partition coefficient (Wildman–Crippen LogP) is 1.94. The average Bonchev–Trinajstić information content (AvgIpc) is 3.19. The van der Waals surface area contributed by atoms with Gasteiger partial charge in [0.15, 0.2) is 0 Å². The van der Waals surface area contributed by atoms with E-state index in [2.05, 4.69) is 15.8 Å². The first kappa shape index (κ1) is 18.7. The third-order valence-electron chi connectivity index (χ3n) is 4.69. The summed E-state index contributed by atoms with van der Waals surface area (Å²) in [4.78, 5) is 41.6. The maximum Gasteiger partial charge on any atom is 0.286 e. The number of carbonyl (C=O) groups is 3. The molecule has 0 radical (unpaired) electrons. The monoisotopic (exact) mass is 368 g/mol. The third-order valence-corrected chi connectivity index (χ3v) is 4.69. The smallest absolute Gasteiger partial charge is 0.286 e. The Morgan fingerprint density at radius 2 is 1.85 bits per heavy atom. The van der Waals surface area contributed by atoms with Crippen molar-refractivity contribution >= 4 is 17.7 Å². The number of hydrogen-bond donors (Lipinski definition) is 3. The van der Waals surface area contributed by atoms with Crippen LogP contribution in [0.5, 0.6) is 0 Å². The minimum absolute atomic E-state index is 0.0604. The number of benzene rings is 1. The number of likely N-dealkylation sites (tertiary alicyclic amines) is 1. The van der Waals surface area contributed by atoms with Gasteiger partial charge in [-0.1, -0.05) is 17.2 Å². The summed E-state index contributed by atoms with van der Waals surface area (Å²) in [5, 5.41) is 0. The Balaban J connectivity index is 1.59. The van der Waals surface area contributed by atoms with Crippen LogP contribution in [0.15, 0.2) is 36.5 Å². The summed E-state index contributed by atoms with van der Waals surface area (Å²) in [6, 6.07) is 9.09. The van der Waals surface area contributed by atoms with Gasteiger partial charge in [-0.3, -0.25) is 25.2 Å². The van der Waals surface area contributed by atoms with Crippen LogP contribution in [0.2, 0.25) is 0 Å². The van der Waals surface area contributed by atoms with Crippen LogP contribution < -0.4 is 10.9 Å². The highest BCUT2D eigenvalue weighted by molar-refractivity contribution is 5.96. The molecular weight excluding hydrogens is 344 g/mol. The molecule has 7 nitrogen and oxygen atoms in total. The third kappa shape index (κ3) is 4.55. The minimum Gasteiger partial charge on any atom is -0.357 e. The molecule has 1 atom stereocenters. The number of aromatic amines is 1. The number of nitrogens with one attached hydrogen (secondary N) is 3. The van der Waals surface area contributed by atoms with E-state index in [1.165, 1.54) is 0 Å². The Labute approximate surface area is 158 Å². The molecule has 27 heavy (non-hydrogen) atoms. The first-order valence-corrected chi connectivity index (χ1v) is 9.05. The lowest BCUT2D eigenvalue weighted by atomic mass is 9.96. The molecule has 1 aromatic heterocycles. The number of aryl methyl sites for hydroxylation is 2. The van der Waals surface area contributed by atoms with E-state index in [4.69, 9.17) is 0 Å². The first-order valence-electron chi connectivity index (χ1n) is 9.05. The van der Waals surface area contributed by atoms with Crippen LogP contribution in [0.3, 0.4) is 0 Å². The molecule has 3 N–H and O–H groups in total. The fraction of sp³-hybridized carbons (Fsp3) is 0.350. The number of aromatic nitrogens is 1. The van der Waals surface area contributed by atoms with E-state index < -0.39 is 5.91 Å². The Kier molecular flexibility index (Phi) is 5.59. The molecule has 1 fully saturated rings. The van der Waals surface area contributed by atoms with Gasteiger partial charge >= 0.3 is 0 Å². The highest BCUT2D eigenvalue weighted by atomic mass is 16.2. The van der Waals surface area contributed by atoms with Gasteiger partial charge in [0.25, 0.3) is 11.8 Å². The molecule has 1 unspecified atom stereocenters. The van der Waals surface area contributed by atoms with Crippen LogP contribution in [0.25, 0.3) is 0 Å². The zero-order valence-electron chi connectivity index (χ0n) is 15.5. The summed E-state index contributed by atoms with van der Waals surface area (Å²) in [7, 11) is 0. The van der Waals surface area contributed by atoms with Crippen molar-refractivity contribution in [3.63, 3.8) is 0 Å². The maximum atomic E-state index is 12.8. The predicted molar refractivity (Wildman–Crippen MR) is 101 cm³/mol. The molecule has 1 aliphatic heterocycles. The number of hydrazine groups is 1. The summed E-state index contributed by atoms with van der Waals surface area (Å²) < 4.78 is 0. The van der Waals surface area contributed by atoms with E-state index in [1.54, 1.807) is 23.2 Å². The molecule has 1 saturated heterocycles. The quantitative estimate of drug-likeness (QED) is 0.723. The Morgan fingerprint density at radius 1 is 1.11 bits per heavy atom. The lowest BCUT2D eigenvalue weighted by Gasteiger charge is -2.32. The van der Waals surface area contributed by atoms with Gasteiger partial charge in [-0.25, -0.2) is 0 Å². The maximum absolute atomic E-state index is 12.8. The van der Waals surface area contributed by atoms with Gasteiger partial charge in [0.05, 0.1) is 5.92 Å². The topological polar surface area (TPSA) is 94.3 Å². The summed E-state index contributed by atoms with van der Waals surface area (Å²) in [5.74, 6) is -1.10. The highest BCUT2D eigenvalue weighted by Gasteiger charge is 2.29. The van der Waals surface area contributed by atoms with E-state index in [-0.39, 0.29) is 17.7 Å². The minimum atomic E-state index is -0.410. The van der Waals surface area contributed by atoms with Crippen molar-refractivity contribution in [2.24, 2.45) is 5.92 Å². The Bertz CT molecular complexity index is 825. The van der Waals surface area contributed by atoms with Crippen LogP contribution in [-0.4, -0.2) is 40.7 Å². The second kappa shape index (κ2) is 8.07. The fourth-order valence-corrected chi connectivity index (χ4v) is 3.42. The summed E-state index contributed by atoms with van der Waals surface area (Å²) in [5.41, 5.74) is 7.95. The Morgan fingerprint density at radius 3 is 2.52 bits per heavy atom.